The fourth-order valence-corrected chi connectivity index (χ4v) is 14.8. The number of alkyl carbamates (subject to hydrolysis) is 1. The van der Waals surface area contributed by atoms with Gasteiger partial charge in [0.05, 0.1) is 101 Å². The average Bonchev–Trinajstić information content (AvgIpc) is 1.56. The predicted octanol–water partition coefficient (Wildman–Crippen LogP) is 20.8. The maximum atomic E-state index is 15.7. The summed E-state index contributed by atoms with van der Waals surface area (Å²) in [7, 11) is -3.21. The minimum absolute atomic E-state index is 0.00892. The first-order chi connectivity index (χ1) is 96.0. The van der Waals surface area contributed by atoms with Crippen molar-refractivity contribution >= 4 is 105 Å². The number of carbonyl (C=O) groups is 2. The molecule has 2 spiro atoms. The molecule has 10 aromatic rings. The largest absolute Gasteiger partial charge is 0.505 e. The van der Waals surface area contributed by atoms with Gasteiger partial charge in [-0.25, -0.2) is 73.9 Å². The predicted molar refractivity (Wildman–Crippen MR) is 478 cm³/mol. The van der Waals surface area contributed by atoms with Gasteiger partial charge in [-0.2, -0.15) is 9.97 Å². The van der Waals surface area contributed by atoms with Crippen LogP contribution in [-0.2, 0) is 40.7 Å². The molecule has 30 nitrogen and oxygen atoms in total. The van der Waals surface area contributed by atoms with Gasteiger partial charge >= 0.3 is 18.2 Å². The third-order valence-electron chi connectivity index (χ3n) is 17.6. The van der Waals surface area contributed by atoms with Crippen molar-refractivity contribution in [2.45, 2.75) is 112 Å². The van der Waals surface area contributed by atoms with E-state index in [1.54, 1.807) is 40.0 Å². The molecule has 0 unspecified atom stereocenters. The number of hydrogen-bond donors (Lipinski definition) is 9. The minimum Gasteiger partial charge on any atom is -0.505 e. The van der Waals surface area contributed by atoms with E-state index in [0.717, 1.165) is 43.0 Å². The number of halogens is 4. The van der Waals surface area contributed by atoms with Crippen LogP contribution in [0.2, 0.25) is 0 Å². The van der Waals surface area contributed by atoms with Crippen LogP contribution >= 0.6 is 0 Å². The summed E-state index contributed by atoms with van der Waals surface area (Å²) in [6, 6.07) is 14.2. The lowest BCUT2D eigenvalue weighted by atomic mass is 10.0. The molecule has 0 bridgehead atoms. The average molecular weight is 1670 g/mol. The molecular formula is C68H172F4N18O12S2. The highest BCUT2D eigenvalue weighted by Gasteiger charge is 2.55. The van der Waals surface area contributed by atoms with Gasteiger partial charge in [-0.05, 0) is 103 Å². The van der Waals surface area contributed by atoms with E-state index < -0.39 is 98.3 Å². The molecule has 104 heavy (non-hydrogen) atoms. The van der Waals surface area contributed by atoms with Gasteiger partial charge in [0.25, 0.3) is 5.16 Å². The summed E-state index contributed by atoms with van der Waals surface area (Å²) in [5.74, 6) is -4.14. The lowest BCUT2D eigenvalue weighted by molar-refractivity contribution is 0.0492. The minimum atomic E-state index is -4.58. The second-order valence-electron chi connectivity index (χ2n) is 27.5. The van der Waals surface area contributed by atoms with Crippen LogP contribution in [0, 0.1) is 34.1 Å². The number of nitrogens with one attached hydrogen (secondary N) is 5. The number of sulfone groups is 2. The Morgan fingerprint density at radius 1 is 0.712 bits per heavy atom. The summed E-state index contributed by atoms with van der Waals surface area (Å²) >= 11 is 0. The molecule has 2 aliphatic heterocycles. The van der Waals surface area contributed by atoms with Gasteiger partial charge in [0.15, 0.2) is 39.8 Å². The molecule has 2 atom stereocenters. The number of amides is 2. The van der Waals surface area contributed by atoms with Crippen LogP contribution in [0.25, 0.3) is 43.9 Å². The molecule has 12 N–H and O–H groups in total. The van der Waals surface area contributed by atoms with Crippen LogP contribution in [0.3, 0.4) is 0 Å². The number of nitrogens with two attached hydrogens (primary N) is 3. The Morgan fingerprint density at radius 2 is 1.24 bits per heavy atom. The normalized spacial score (nSPS) is 20.0. The standard InChI is InChI=1S/C32H32F2N4O8S2.C21H21F2N9O.C11H20N2O2.C4H5N3O.47H2/c1-32(2,3)46-31(39)38(4)23-15-22(33)26(34)24-25-28(35-27(23)24)36-30(48(42,43)17-19-9-13-21(45-6)14-10-19)37-29(25)47(40,41)16-18-7-11-20(44-5)12-8-18;1-26-11-4-10(22)15(23)13-14-17(29-16(11)13)30-20(33-9-5-27-19(25)28-6-9)31-18(14)32-7-12(24)21(8-32)2-3-21;1-10(2,3)15-9(14)13-8-6-12-7-11(8)4-5-11;5-4-6-1-3(8)2-7-4;;;;;;;;;;;;;;;;;;;;;;;;;;;;;;;;;;;;;;;;;;;;;;;/h7-15H,16-17H2,1-6H3,(H,35,36,37);4-6,12,26H,2-3,7-8,24H2,1H3,(H2,25,27,28)(H,29,30,31);8,12H,4-7H2,1-3H3,(H,13,14);1-2,8H,(H2,5,6,7);47*1H/t;12-;8-;;;;;;;;;;;;;;;;;;;;;;;;;;;;;;;;;;;;;;;;;;;;;;;;/m.00................................................/s1/i;;;;47*1+1D. The number of nitrogens with zero attached hydrogens (tertiary/aromatic N) is 10. The molecule has 14 rings (SSSR count). The maximum absolute atomic E-state index is 15.7. The van der Waals surface area contributed by atoms with Gasteiger partial charge < -0.3 is 76.8 Å². The summed E-state index contributed by atoms with van der Waals surface area (Å²) in [6.45, 7) is 13.6. The van der Waals surface area contributed by atoms with E-state index >= 15 is 13.2 Å². The van der Waals surface area contributed by atoms with E-state index in [0.29, 0.717) is 63.6 Å². The number of anilines is 5. The number of aromatic hydroxyl groups is 1. The summed E-state index contributed by atoms with van der Waals surface area (Å²) in [4.78, 5) is 65.2. The van der Waals surface area contributed by atoms with Crippen LogP contribution in [0.5, 0.6) is 29.0 Å². The molecule has 4 aromatic carbocycles. The van der Waals surface area contributed by atoms with Gasteiger partial charge in [-0.3, -0.25) is 4.90 Å². The van der Waals surface area contributed by atoms with E-state index in [4.69, 9.17) is 186 Å². The molecule has 36 heteroatoms. The molecule has 2 saturated heterocycles. The van der Waals surface area contributed by atoms with Crippen LogP contribution in [0.4, 0.5) is 56.2 Å². The Balaban J connectivity index is -0.0000000435. The molecule has 4 aliphatic rings. The van der Waals surface area contributed by atoms with E-state index in [9.17, 15) is 30.8 Å². The summed E-state index contributed by atoms with van der Waals surface area (Å²) in [5, 5.41) is 15.4. The van der Waals surface area contributed by atoms with Crippen LogP contribution < -0.4 is 57.2 Å². The molecular weight excluding hydrogens is 1400 g/mol. The molecule has 2 saturated carbocycles. The fraction of sp³-hybridized carbons (Fsp3) is 0.382. The Morgan fingerprint density at radius 3 is 1.77 bits per heavy atom. The van der Waals surface area contributed by atoms with E-state index in [2.05, 4.69) is 65.8 Å². The lowest BCUT2D eigenvalue weighted by Crippen LogP contribution is -2.43. The van der Waals surface area contributed by atoms with Gasteiger partial charge in [0, 0.05) is 209 Å². The second-order valence-corrected chi connectivity index (χ2v) is 31.3. The van der Waals surface area contributed by atoms with Crippen molar-refractivity contribution in [3.05, 3.63) is 120 Å². The molecule has 646 valence electrons. The first-order valence-electron chi connectivity index (χ1n) is 79.5. The van der Waals surface area contributed by atoms with Crippen LogP contribution in [-0.4, -0.2) is 162 Å². The summed E-state index contributed by atoms with van der Waals surface area (Å²) < 4.78 is 613. The van der Waals surface area contributed by atoms with E-state index in [1.165, 1.54) is 95.3 Å². The zero-order valence-corrected chi connectivity index (χ0v) is 59.9. The van der Waals surface area contributed by atoms with E-state index in [1.807, 2.05) is 25.7 Å². The summed E-state index contributed by atoms with van der Waals surface area (Å²) in [5.41, 5.74) is 16.9. The first kappa shape index (κ1) is 35.2. The quantitative estimate of drug-likeness (QED) is 0.0277. The van der Waals surface area contributed by atoms with Crippen LogP contribution in [0.15, 0.2) is 95.6 Å². The molecule has 6 aromatic heterocycles. The van der Waals surface area contributed by atoms with Gasteiger partial charge in [-0.1, -0.05) is 24.3 Å². The zero-order chi connectivity index (χ0) is 169. The number of hydrogen-bond acceptors (Lipinski definition) is 26. The SMILES string of the molecule is CC(C)(C)OC(=O)N[C@H]1CNCC12CC2.CNc1cc(F)c(F)c2c1[nH]c1nc(Oc3cnc(N)nc3)nc(N3C[C@H](N)C4(CC4)C3)c12.COc1ccc(CS(=O)(=O)c2nc(S(=O)(=O)Cc3ccc(OC)cc3)c3c(n2)[nH]c2c(N(C)C(=O)OC(C)(C)C)cc(F)c(F)c23)cc1.Nc1ncc(O)cn1.[2H][2H].[2H][2H].[2H][2H].[2H][2H].[2H][2H].[2H][2H].[2H][2H].[2H][2H].[2H][2H].[2H][2H].[2H][2H].[2H][2H].[2H][2H].[2H][2H].[2H][2H].[2H][2H].[2H][2H].[2H][2H].[2H][2H].[2H][2H].[2H][2H].[2H][2H].[2H][2H].[2H][2H].[2H][2H].[2H][2H].[2H][2H].[2H][2H].[2H][2H].[2H][2H].[2H][2H].[2H][2H].[2H][2H].[2H][2H].[2H][2H].[2H][2H].[2H][2H].[2H][2H].[2H][2H].[2H][2H].[2H][2H].[2H][2H].[2H][2H].[2H][2H].[2H][2H].[2H][2H].[2H][2H]. The number of aromatic amines is 2. The van der Waals surface area contributed by atoms with Crippen molar-refractivity contribution in [3.63, 3.8) is 0 Å². The van der Waals surface area contributed by atoms with Crippen molar-refractivity contribution in [3.8, 4) is 29.0 Å². The van der Waals surface area contributed by atoms with Crippen molar-refractivity contribution in [1.29, 1.82) is 0 Å². The maximum Gasteiger partial charge on any atom is 0.414 e. The Kier molecular flexibility index (Phi) is 9.75. The van der Waals surface area contributed by atoms with Crippen molar-refractivity contribution in [2.75, 3.05) is 81.1 Å². The Bertz CT molecular complexity index is 5300. The van der Waals surface area contributed by atoms with Crippen molar-refractivity contribution in [1.82, 2.24) is 60.5 Å². The smallest absolute Gasteiger partial charge is 0.414 e. The highest BCUT2D eigenvalue weighted by molar-refractivity contribution is 7.91. The number of H-pyrrole nitrogens is 2. The number of ether oxygens (including phenoxy) is 5. The molecule has 2 aliphatic carbocycles. The fourth-order valence-electron chi connectivity index (χ4n) is 12.0. The van der Waals surface area contributed by atoms with Crippen molar-refractivity contribution in [2.24, 2.45) is 16.6 Å². The van der Waals surface area contributed by atoms with Gasteiger partial charge in [0.2, 0.25) is 31.6 Å². The zero-order valence-electron chi connectivity index (χ0n) is 152. The number of carbonyl (C=O) groups excluding carboxylic acids is 2. The Hall–Kier alpha value is -10.7. The number of rotatable bonds is 14. The third-order valence-corrected chi connectivity index (χ3v) is 20.6. The Labute approximate surface area is 739 Å². The number of nitrogen functional groups attached to an aromatic ring is 2. The number of benzene rings is 4. The van der Waals surface area contributed by atoms with Crippen LogP contribution in [0.1, 0.15) is 218 Å². The third kappa shape index (κ3) is 16.4. The van der Waals surface area contributed by atoms with Gasteiger partial charge in [0.1, 0.15) is 39.8 Å². The number of fused-ring (bicyclic) bond motifs is 6. The highest BCUT2D eigenvalue weighted by Crippen LogP contribution is 2.54. The molecule has 4 fully saturated rings. The summed E-state index contributed by atoms with van der Waals surface area (Å²) in [6.07, 6.45) is 8.58. The molecule has 2 amide bonds. The molecule has 0 radical (unpaired) electrons. The monoisotopic (exact) mass is 1670 g/mol. The lowest BCUT2D eigenvalue weighted by Gasteiger charge is -2.25. The molecule has 8 heterocycles. The van der Waals surface area contributed by atoms with Crippen molar-refractivity contribution < 1.29 is 212 Å². The number of methoxy groups -OCH3 is 2. The van der Waals surface area contributed by atoms with E-state index in [-0.39, 0.29) is 75.2 Å². The first-order valence-corrected chi connectivity index (χ1v) is 35.8. The van der Waals surface area contributed by atoms with Gasteiger partial charge in [-0.15, -0.1) is 0 Å². The second kappa shape index (κ2) is 28.8. The highest BCUT2D eigenvalue weighted by atomic mass is 32.2. The topological polar surface area (TPSA) is 424 Å². The number of aromatic nitrogens is 10.